The molecule has 1 atom stereocenters. The first-order valence-electron chi connectivity index (χ1n) is 8.47. The van der Waals surface area contributed by atoms with Gasteiger partial charge < -0.3 is 10.1 Å². The Balaban J connectivity index is 2.05. The van der Waals surface area contributed by atoms with E-state index >= 15 is 0 Å². The number of rotatable bonds is 7. The van der Waals surface area contributed by atoms with Crippen LogP contribution in [0.2, 0.25) is 0 Å². The number of nitrogens with zero attached hydrogens (tertiary/aromatic N) is 2. The van der Waals surface area contributed by atoms with Crippen molar-refractivity contribution in [3.63, 3.8) is 0 Å². The van der Waals surface area contributed by atoms with Crippen LogP contribution in [0.3, 0.4) is 0 Å². The van der Waals surface area contributed by atoms with Gasteiger partial charge >= 0.3 is 5.97 Å². The van der Waals surface area contributed by atoms with E-state index < -0.39 is 16.1 Å². The Morgan fingerprint density at radius 2 is 1.92 bits per heavy atom. The molecule has 8 nitrogen and oxygen atoms in total. The smallest absolute Gasteiger partial charge is 0.320 e. The summed E-state index contributed by atoms with van der Waals surface area (Å²) in [5.41, 5.74) is 0.922. The Bertz CT molecular complexity index is 723. The maximum Gasteiger partial charge on any atom is 0.320 e. The van der Waals surface area contributed by atoms with E-state index in [0.717, 1.165) is 11.8 Å². The van der Waals surface area contributed by atoms with E-state index in [9.17, 15) is 18.0 Å². The van der Waals surface area contributed by atoms with Gasteiger partial charge in [-0.3, -0.25) is 14.5 Å². The minimum Gasteiger partial charge on any atom is -0.465 e. The van der Waals surface area contributed by atoms with Crippen molar-refractivity contribution >= 4 is 21.9 Å². The van der Waals surface area contributed by atoms with Crippen molar-refractivity contribution in [1.82, 2.24) is 14.5 Å². The van der Waals surface area contributed by atoms with Gasteiger partial charge in [-0.15, -0.1) is 0 Å². The van der Waals surface area contributed by atoms with Crippen molar-refractivity contribution in [3.05, 3.63) is 35.9 Å². The fourth-order valence-electron chi connectivity index (χ4n) is 2.87. The molecule has 0 aromatic heterocycles. The molecule has 0 bridgehead atoms. The third-order valence-electron chi connectivity index (χ3n) is 4.11. The fourth-order valence-corrected chi connectivity index (χ4v) is 3.91. The third-order valence-corrected chi connectivity index (χ3v) is 5.40. The minimum absolute atomic E-state index is 0.0356. The molecular weight excluding hydrogens is 358 g/mol. The van der Waals surface area contributed by atoms with Crippen LogP contribution >= 0.6 is 0 Å². The molecule has 1 fully saturated rings. The van der Waals surface area contributed by atoms with Gasteiger partial charge in [0.15, 0.2) is 0 Å². The van der Waals surface area contributed by atoms with Crippen LogP contribution in [0.5, 0.6) is 0 Å². The van der Waals surface area contributed by atoms with Crippen molar-refractivity contribution in [1.29, 1.82) is 0 Å². The average Bonchev–Trinajstić information content (AvgIpc) is 2.59. The lowest BCUT2D eigenvalue weighted by atomic mass is 10.1. The van der Waals surface area contributed by atoms with E-state index in [1.165, 1.54) is 4.31 Å². The fraction of sp³-hybridized carbons (Fsp3) is 0.529. The summed E-state index contributed by atoms with van der Waals surface area (Å²) in [4.78, 5) is 26.0. The van der Waals surface area contributed by atoms with Gasteiger partial charge in [0, 0.05) is 26.2 Å². The molecule has 2 rings (SSSR count). The van der Waals surface area contributed by atoms with Gasteiger partial charge in [-0.2, -0.15) is 4.31 Å². The van der Waals surface area contributed by atoms with Crippen molar-refractivity contribution in [2.45, 2.75) is 19.5 Å². The van der Waals surface area contributed by atoms with E-state index in [0.29, 0.717) is 13.1 Å². The van der Waals surface area contributed by atoms with Crippen LogP contribution < -0.4 is 5.32 Å². The lowest BCUT2D eigenvalue weighted by Crippen LogP contribution is -2.60. The number of carbonyl (C=O) groups is 2. The highest BCUT2D eigenvalue weighted by Crippen LogP contribution is 2.14. The molecule has 1 unspecified atom stereocenters. The van der Waals surface area contributed by atoms with E-state index in [1.807, 2.05) is 30.3 Å². The van der Waals surface area contributed by atoms with Gasteiger partial charge in [-0.05, 0) is 12.5 Å². The summed E-state index contributed by atoms with van der Waals surface area (Å²) in [6.45, 7) is 3.02. The summed E-state index contributed by atoms with van der Waals surface area (Å²) in [5.74, 6) is -0.767. The Morgan fingerprint density at radius 3 is 2.54 bits per heavy atom. The Kier molecular flexibility index (Phi) is 7.13. The molecule has 1 aliphatic rings. The van der Waals surface area contributed by atoms with Crippen molar-refractivity contribution in [2.24, 2.45) is 0 Å². The predicted molar refractivity (Wildman–Crippen MR) is 96.7 cm³/mol. The molecule has 1 heterocycles. The van der Waals surface area contributed by atoms with Crippen LogP contribution in [0.1, 0.15) is 12.5 Å². The molecule has 0 saturated carbocycles. The van der Waals surface area contributed by atoms with Gasteiger partial charge in [-0.1, -0.05) is 30.3 Å². The number of esters is 1. The van der Waals surface area contributed by atoms with Crippen LogP contribution in [-0.4, -0.2) is 74.6 Å². The summed E-state index contributed by atoms with van der Waals surface area (Å²) in [7, 11) is -3.54. The van der Waals surface area contributed by atoms with Crippen molar-refractivity contribution in [2.75, 3.05) is 39.0 Å². The molecule has 26 heavy (non-hydrogen) atoms. The molecule has 1 aliphatic heterocycles. The van der Waals surface area contributed by atoms with Gasteiger partial charge in [-0.25, -0.2) is 8.42 Å². The highest BCUT2D eigenvalue weighted by atomic mass is 32.2. The number of nitrogens with one attached hydrogen (secondary N) is 1. The Morgan fingerprint density at radius 1 is 1.23 bits per heavy atom. The number of benzene rings is 1. The second-order valence-electron chi connectivity index (χ2n) is 6.13. The highest BCUT2D eigenvalue weighted by molar-refractivity contribution is 7.88. The maximum absolute atomic E-state index is 12.6. The molecule has 9 heteroatoms. The van der Waals surface area contributed by atoms with E-state index in [-0.39, 0.29) is 38.1 Å². The van der Waals surface area contributed by atoms with Gasteiger partial charge in [0.2, 0.25) is 15.9 Å². The SMILES string of the molecule is CCOC(=O)CN1CCN(S(C)(=O)=O)C(C(=O)NCc2ccccc2)C1. The second-order valence-corrected chi connectivity index (χ2v) is 8.07. The lowest BCUT2D eigenvalue weighted by molar-refractivity contribution is -0.145. The van der Waals surface area contributed by atoms with E-state index in [1.54, 1.807) is 11.8 Å². The summed E-state index contributed by atoms with van der Waals surface area (Å²) in [5, 5.41) is 2.78. The van der Waals surface area contributed by atoms with Crippen LogP contribution in [0.25, 0.3) is 0 Å². The van der Waals surface area contributed by atoms with Gasteiger partial charge in [0.1, 0.15) is 6.04 Å². The largest absolute Gasteiger partial charge is 0.465 e. The maximum atomic E-state index is 12.6. The van der Waals surface area contributed by atoms with Crippen molar-refractivity contribution in [3.8, 4) is 0 Å². The molecule has 0 spiro atoms. The first kappa shape index (κ1) is 20.3. The monoisotopic (exact) mass is 383 g/mol. The Labute approximate surface area is 154 Å². The highest BCUT2D eigenvalue weighted by Gasteiger charge is 2.37. The van der Waals surface area contributed by atoms with E-state index in [4.69, 9.17) is 4.74 Å². The standard InChI is InChI=1S/C17H25N3O5S/c1-3-25-16(21)13-19-9-10-20(26(2,23)24)15(12-19)17(22)18-11-14-7-5-4-6-8-14/h4-8,15H,3,9-13H2,1-2H3,(H,18,22). The van der Waals surface area contributed by atoms with Crippen LogP contribution in [0, 0.1) is 0 Å². The van der Waals surface area contributed by atoms with Gasteiger partial charge in [0.25, 0.3) is 0 Å². The first-order valence-corrected chi connectivity index (χ1v) is 10.3. The third kappa shape index (κ3) is 5.79. The molecule has 1 N–H and O–H groups in total. The van der Waals surface area contributed by atoms with Crippen LogP contribution in [0.15, 0.2) is 30.3 Å². The number of amides is 1. The second kappa shape index (κ2) is 9.11. The molecule has 144 valence electrons. The average molecular weight is 383 g/mol. The Hall–Kier alpha value is -1.97. The molecule has 1 saturated heterocycles. The normalized spacial score (nSPS) is 19.1. The molecule has 0 aliphatic carbocycles. The van der Waals surface area contributed by atoms with E-state index in [2.05, 4.69) is 5.32 Å². The lowest BCUT2D eigenvalue weighted by Gasteiger charge is -2.38. The number of hydrogen-bond donors (Lipinski definition) is 1. The number of ether oxygens (including phenoxy) is 1. The van der Waals surface area contributed by atoms with Crippen LogP contribution in [0.4, 0.5) is 0 Å². The zero-order valence-corrected chi connectivity index (χ0v) is 15.9. The molecule has 1 aromatic carbocycles. The minimum atomic E-state index is -3.54. The summed E-state index contributed by atoms with van der Waals surface area (Å²) >= 11 is 0. The molecule has 1 amide bonds. The first-order chi connectivity index (χ1) is 12.3. The number of sulfonamides is 1. The topological polar surface area (TPSA) is 96.0 Å². The summed E-state index contributed by atoms with van der Waals surface area (Å²) < 4.78 is 30.2. The molecular formula is C17H25N3O5S. The predicted octanol–water partition coefficient (Wildman–Crippen LogP) is -0.188. The number of piperazine rings is 1. The zero-order valence-electron chi connectivity index (χ0n) is 15.1. The molecule has 1 aromatic rings. The number of carbonyl (C=O) groups excluding carboxylic acids is 2. The van der Waals surface area contributed by atoms with Gasteiger partial charge in [0.05, 0.1) is 19.4 Å². The molecule has 0 radical (unpaired) electrons. The van der Waals surface area contributed by atoms with Crippen molar-refractivity contribution < 1.29 is 22.7 Å². The van der Waals surface area contributed by atoms with Crippen LogP contribution in [-0.2, 0) is 30.9 Å². The summed E-state index contributed by atoms with van der Waals surface area (Å²) in [6.07, 6.45) is 1.09. The quantitative estimate of drug-likeness (QED) is 0.656. The zero-order chi connectivity index (χ0) is 19.2. The summed E-state index contributed by atoms with van der Waals surface area (Å²) in [6, 6.07) is 8.49. The number of hydrogen-bond acceptors (Lipinski definition) is 6.